The van der Waals surface area contributed by atoms with Gasteiger partial charge in [-0.1, -0.05) is 42.5 Å². The minimum absolute atomic E-state index is 0.216. The summed E-state index contributed by atoms with van der Waals surface area (Å²) in [4.78, 5) is 37.7. The van der Waals surface area contributed by atoms with E-state index in [0.29, 0.717) is 11.3 Å². The van der Waals surface area contributed by atoms with E-state index in [1.165, 1.54) is 16.7 Å². The van der Waals surface area contributed by atoms with Crippen molar-refractivity contribution in [3.05, 3.63) is 48.0 Å². The maximum Gasteiger partial charge on any atom is 0.327 e. The van der Waals surface area contributed by atoms with Gasteiger partial charge in [-0.15, -0.1) is 11.8 Å². The number of rotatable bonds is 3. The number of carboxylic acid groups (broad SMARTS) is 1. The zero-order valence-electron chi connectivity index (χ0n) is 12.0. The Morgan fingerprint density at radius 3 is 2.65 bits per heavy atom. The highest BCUT2D eigenvalue weighted by atomic mass is 32.2. The van der Waals surface area contributed by atoms with Crippen molar-refractivity contribution in [3.63, 3.8) is 0 Å². The maximum atomic E-state index is 12.9. The van der Waals surface area contributed by atoms with E-state index in [1.54, 1.807) is 12.1 Å². The van der Waals surface area contributed by atoms with Gasteiger partial charge in [0, 0.05) is 11.3 Å². The summed E-state index contributed by atoms with van der Waals surface area (Å²) < 4.78 is 0. The Morgan fingerprint density at radius 1 is 1.13 bits per heavy atom. The molecule has 4 rings (SSSR count). The lowest BCUT2D eigenvalue weighted by atomic mass is 9.86. The molecule has 1 N–H and O–H groups in total. The first-order valence-corrected chi connectivity index (χ1v) is 8.33. The van der Waals surface area contributed by atoms with Crippen molar-refractivity contribution in [2.45, 2.75) is 11.4 Å². The number of hydrogen-bond acceptors (Lipinski definition) is 4. The fourth-order valence-electron chi connectivity index (χ4n) is 3.30. The molecule has 5 nitrogen and oxygen atoms in total. The molecule has 2 heterocycles. The van der Waals surface area contributed by atoms with Gasteiger partial charge in [-0.2, -0.15) is 0 Å². The standard InChI is InChI=1S/C17H13NO4S/c19-14(11-7-3-5-9-4-1-2-6-10(9)11)13-15(20)18-12(17(21)22)8-23-16(13)18/h1-7,12-13,16H,8H2,(H,21,22)/t12-,13+,16-/m0/s1. The fourth-order valence-corrected chi connectivity index (χ4v) is 4.83. The Kier molecular flexibility index (Phi) is 3.16. The molecule has 0 aliphatic carbocycles. The second kappa shape index (κ2) is 5.09. The third-order valence-corrected chi connectivity index (χ3v) is 5.81. The molecular weight excluding hydrogens is 314 g/mol. The van der Waals surface area contributed by atoms with E-state index in [-0.39, 0.29) is 17.1 Å². The van der Waals surface area contributed by atoms with Crippen LogP contribution in [0.3, 0.4) is 0 Å². The molecule has 23 heavy (non-hydrogen) atoms. The third kappa shape index (κ3) is 1.98. The number of carboxylic acids is 1. The topological polar surface area (TPSA) is 74.7 Å². The number of β-lactam (4-membered cyclic amide) rings is 1. The van der Waals surface area contributed by atoms with E-state index in [4.69, 9.17) is 5.11 Å². The van der Waals surface area contributed by atoms with Crippen LogP contribution >= 0.6 is 11.8 Å². The second-order valence-electron chi connectivity index (χ2n) is 5.69. The van der Waals surface area contributed by atoms with Crippen LogP contribution in [0, 0.1) is 5.92 Å². The lowest BCUT2D eigenvalue weighted by Crippen LogP contribution is -2.63. The molecule has 2 saturated heterocycles. The molecule has 1 amide bonds. The SMILES string of the molecule is O=C(c1cccc2ccccc12)[C@@H]1C(=O)N2[C@H](C(=O)O)CS[C@@H]12. The van der Waals surface area contributed by atoms with Crippen LogP contribution in [0.15, 0.2) is 42.5 Å². The lowest BCUT2D eigenvalue weighted by Gasteiger charge is -2.42. The zero-order valence-corrected chi connectivity index (χ0v) is 12.8. The first-order valence-electron chi connectivity index (χ1n) is 7.28. The average Bonchev–Trinajstić information content (AvgIpc) is 2.94. The van der Waals surface area contributed by atoms with Crippen molar-refractivity contribution >= 4 is 40.2 Å². The Morgan fingerprint density at radius 2 is 1.87 bits per heavy atom. The summed E-state index contributed by atoms with van der Waals surface area (Å²) in [6.07, 6.45) is 0. The van der Waals surface area contributed by atoms with E-state index >= 15 is 0 Å². The molecule has 0 saturated carbocycles. The average molecular weight is 327 g/mol. The number of hydrogen-bond donors (Lipinski definition) is 1. The van der Waals surface area contributed by atoms with Gasteiger partial charge in [0.1, 0.15) is 12.0 Å². The van der Waals surface area contributed by atoms with Crippen molar-refractivity contribution in [2.75, 3.05) is 5.75 Å². The van der Waals surface area contributed by atoms with Gasteiger partial charge in [0.2, 0.25) is 5.91 Å². The zero-order chi connectivity index (χ0) is 16.1. The van der Waals surface area contributed by atoms with Crippen LogP contribution in [0.4, 0.5) is 0 Å². The second-order valence-corrected chi connectivity index (χ2v) is 6.84. The molecule has 0 aromatic heterocycles. The number of thioether (sulfide) groups is 1. The van der Waals surface area contributed by atoms with Gasteiger partial charge < -0.3 is 10.0 Å². The largest absolute Gasteiger partial charge is 0.480 e. The van der Waals surface area contributed by atoms with Gasteiger partial charge in [-0.05, 0) is 10.8 Å². The summed E-state index contributed by atoms with van der Waals surface area (Å²) in [5.41, 5.74) is 0.528. The number of nitrogens with zero attached hydrogens (tertiary/aromatic N) is 1. The van der Waals surface area contributed by atoms with E-state index in [1.807, 2.05) is 30.3 Å². The number of Topliss-reactive ketones (excluding diaryl/α,β-unsaturated/α-hetero) is 1. The first-order chi connectivity index (χ1) is 11.1. The smallest absolute Gasteiger partial charge is 0.327 e. The van der Waals surface area contributed by atoms with Gasteiger partial charge in [0.05, 0.1) is 5.37 Å². The molecule has 6 heteroatoms. The molecule has 0 bridgehead atoms. The minimum atomic E-state index is -1.01. The number of ketones is 1. The number of carbonyl (C=O) groups is 3. The molecule has 3 atom stereocenters. The number of fused-ring (bicyclic) bond motifs is 2. The van der Waals surface area contributed by atoms with Crippen molar-refractivity contribution < 1.29 is 19.5 Å². The summed E-state index contributed by atoms with van der Waals surface area (Å²) in [6.45, 7) is 0. The molecule has 2 fully saturated rings. The van der Waals surface area contributed by atoms with E-state index in [9.17, 15) is 14.4 Å². The quantitative estimate of drug-likeness (QED) is 0.530. The fraction of sp³-hybridized carbons (Fsp3) is 0.235. The van der Waals surface area contributed by atoms with Gasteiger partial charge in [0.15, 0.2) is 5.78 Å². The Hall–Kier alpha value is -2.34. The van der Waals surface area contributed by atoms with Crippen LogP contribution in [0.1, 0.15) is 10.4 Å². The predicted molar refractivity (Wildman–Crippen MR) is 86.3 cm³/mol. The Bertz CT molecular complexity index is 844. The molecule has 2 aromatic rings. The predicted octanol–water partition coefficient (Wildman–Crippen LogP) is 2.01. The Balaban J connectivity index is 1.68. The first kappa shape index (κ1) is 14.3. The van der Waals surface area contributed by atoms with Crippen LogP contribution in [-0.2, 0) is 9.59 Å². The van der Waals surface area contributed by atoms with Crippen LogP contribution in [-0.4, -0.2) is 44.8 Å². The van der Waals surface area contributed by atoms with Gasteiger partial charge >= 0.3 is 5.97 Å². The van der Waals surface area contributed by atoms with Gasteiger partial charge in [-0.3, -0.25) is 9.59 Å². The van der Waals surface area contributed by atoms with Crippen LogP contribution in [0.25, 0.3) is 10.8 Å². The van der Waals surface area contributed by atoms with E-state index in [0.717, 1.165) is 10.8 Å². The van der Waals surface area contributed by atoms with E-state index in [2.05, 4.69) is 0 Å². The molecule has 0 unspecified atom stereocenters. The number of amides is 1. The number of aliphatic carboxylic acids is 1. The minimum Gasteiger partial charge on any atom is -0.480 e. The summed E-state index contributed by atoms with van der Waals surface area (Å²) in [6, 6.07) is 12.2. The van der Waals surface area contributed by atoms with Crippen molar-refractivity contribution in [3.8, 4) is 0 Å². The summed E-state index contributed by atoms with van der Waals surface area (Å²) >= 11 is 1.37. The van der Waals surface area contributed by atoms with Gasteiger partial charge in [0.25, 0.3) is 0 Å². The summed E-state index contributed by atoms with van der Waals surface area (Å²) in [7, 11) is 0. The monoisotopic (exact) mass is 327 g/mol. The lowest BCUT2D eigenvalue weighted by molar-refractivity contribution is -0.159. The molecule has 2 aromatic carbocycles. The van der Waals surface area contributed by atoms with E-state index < -0.39 is 17.9 Å². The molecule has 116 valence electrons. The van der Waals surface area contributed by atoms with Crippen molar-refractivity contribution in [2.24, 2.45) is 5.92 Å². The normalized spacial score (nSPS) is 26.0. The number of carbonyl (C=O) groups excluding carboxylic acids is 2. The summed E-state index contributed by atoms with van der Waals surface area (Å²) in [5.74, 6) is -2.03. The highest BCUT2D eigenvalue weighted by Gasteiger charge is 2.59. The maximum absolute atomic E-state index is 12.9. The molecule has 0 spiro atoms. The number of benzene rings is 2. The van der Waals surface area contributed by atoms with Gasteiger partial charge in [-0.25, -0.2) is 4.79 Å². The highest BCUT2D eigenvalue weighted by Crippen LogP contribution is 2.45. The molecule has 2 aliphatic heterocycles. The highest BCUT2D eigenvalue weighted by molar-refractivity contribution is 8.00. The van der Waals surface area contributed by atoms with Crippen LogP contribution in [0.2, 0.25) is 0 Å². The van der Waals surface area contributed by atoms with Crippen LogP contribution < -0.4 is 0 Å². The van der Waals surface area contributed by atoms with Crippen molar-refractivity contribution in [1.82, 2.24) is 4.90 Å². The molecular formula is C17H13NO4S. The molecule has 0 radical (unpaired) electrons. The van der Waals surface area contributed by atoms with Crippen molar-refractivity contribution in [1.29, 1.82) is 0 Å². The Labute approximate surface area is 136 Å². The molecule has 2 aliphatic rings. The van der Waals surface area contributed by atoms with Crippen LogP contribution in [0.5, 0.6) is 0 Å². The summed E-state index contributed by atoms with van der Waals surface area (Å²) in [5, 5.41) is 10.6. The third-order valence-electron chi connectivity index (χ3n) is 4.46.